The number of aliphatic imine (C=N–C) groups is 1. The zero-order chi connectivity index (χ0) is 10.7. The molecule has 14 heavy (non-hydrogen) atoms. The molecule has 0 saturated carbocycles. The highest BCUT2D eigenvalue weighted by Crippen LogP contribution is 2.26. The van der Waals surface area contributed by atoms with Crippen LogP contribution in [0.4, 0.5) is 10.1 Å². The van der Waals surface area contributed by atoms with Gasteiger partial charge in [-0.15, -0.1) is 12.6 Å². The maximum Gasteiger partial charge on any atom is 0.217 e. The highest BCUT2D eigenvalue weighted by molar-refractivity contribution is 7.97. The average molecular weight is 248 g/mol. The smallest absolute Gasteiger partial charge is 0.217 e. The molecule has 72 valence electrons. The molecule has 0 unspecified atom stereocenters. The number of isothiocyanates is 1. The molecule has 0 amide bonds. The largest absolute Gasteiger partial charge is 0.282 e. The number of benzene rings is 1. The molecule has 1 aromatic carbocycles. The third-order valence-electron chi connectivity index (χ3n) is 1.43. The molecule has 0 saturated heterocycles. The van der Waals surface area contributed by atoms with Crippen molar-refractivity contribution in [2.45, 2.75) is 0 Å². The van der Waals surface area contributed by atoms with Gasteiger partial charge in [0.1, 0.15) is 5.69 Å². The first kappa shape index (κ1) is 11.3. The van der Waals surface area contributed by atoms with Gasteiger partial charge in [-0.3, -0.25) is 4.79 Å². The molecule has 0 atom stereocenters. The minimum absolute atomic E-state index is 0.00850. The summed E-state index contributed by atoms with van der Waals surface area (Å²) in [5.41, 5.74) is 0.00204. The summed E-state index contributed by atoms with van der Waals surface area (Å²) in [7, 11) is 0. The molecule has 0 radical (unpaired) electrons. The van der Waals surface area contributed by atoms with Crippen LogP contribution in [0.1, 0.15) is 10.4 Å². The molecule has 0 aliphatic rings. The number of halogens is 2. The van der Waals surface area contributed by atoms with E-state index in [1.54, 1.807) is 0 Å². The summed E-state index contributed by atoms with van der Waals surface area (Å²) in [6.07, 6.45) is 0. The van der Waals surface area contributed by atoms with Gasteiger partial charge in [-0.25, -0.2) is 4.39 Å². The van der Waals surface area contributed by atoms with E-state index in [2.05, 4.69) is 29.8 Å². The highest BCUT2D eigenvalue weighted by Gasteiger charge is 2.11. The number of rotatable bonds is 2. The number of nitrogens with zero attached hydrogens (tertiary/aromatic N) is 1. The molecule has 0 N–H and O–H groups in total. The Bertz CT molecular complexity index is 420. The Labute approximate surface area is 95.2 Å². The van der Waals surface area contributed by atoms with Crippen LogP contribution in [-0.4, -0.2) is 10.3 Å². The summed E-state index contributed by atoms with van der Waals surface area (Å²) in [6, 6.07) is 2.16. The van der Waals surface area contributed by atoms with E-state index >= 15 is 0 Å². The number of carbonyl (C=O) groups is 1. The summed E-state index contributed by atoms with van der Waals surface area (Å²) in [5.74, 6) is -0.661. The normalized spacial score (nSPS) is 9.36. The van der Waals surface area contributed by atoms with Gasteiger partial charge < -0.3 is 0 Å². The van der Waals surface area contributed by atoms with E-state index in [9.17, 15) is 9.18 Å². The lowest BCUT2D eigenvalue weighted by Crippen LogP contribution is -1.91. The van der Waals surface area contributed by atoms with Crippen molar-refractivity contribution in [2.75, 3.05) is 0 Å². The first-order valence-corrected chi connectivity index (χ1v) is 4.60. The van der Waals surface area contributed by atoms with Gasteiger partial charge in [0.2, 0.25) is 5.12 Å². The number of hydrogen-bond acceptors (Lipinski definition) is 3. The predicted octanol–water partition coefficient (Wildman–Crippen LogP) is 3.28. The first-order chi connectivity index (χ1) is 6.56. The molecule has 0 fully saturated rings. The molecule has 0 heterocycles. The van der Waals surface area contributed by atoms with Gasteiger partial charge in [-0.2, -0.15) is 4.99 Å². The maximum absolute atomic E-state index is 13.1. The summed E-state index contributed by atoms with van der Waals surface area (Å²) in [6.45, 7) is 0. The van der Waals surface area contributed by atoms with E-state index in [0.29, 0.717) is 0 Å². The fourth-order valence-corrected chi connectivity index (χ4v) is 1.42. The third-order valence-corrected chi connectivity index (χ3v) is 2.08. The van der Waals surface area contributed by atoms with Crippen LogP contribution in [0.2, 0.25) is 5.02 Å². The van der Waals surface area contributed by atoms with E-state index in [-0.39, 0.29) is 16.3 Å². The van der Waals surface area contributed by atoms with Gasteiger partial charge in [-0.05, 0) is 24.4 Å². The van der Waals surface area contributed by atoms with Crippen molar-refractivity contribution in [3.05, 3.63) is 28.5 Å². The summed E-state index contributed by atoms with van der Waals surface area (Å²) < 4.78 is 13.1. The second-order valence-corrected chi connectivity index (χ2v) is 3.29. The number of hydrogen-bond donors (Lipinski definition) is 1. The minimum Gasteiger partial charge on any atom is -0.282 e. The van der Waals surface area contributed by atoms with E-state index in [0.717, 1.165) is 6.07 Å². The number of thiol groups is 1. The van der Waals surface area contributed by atoms with Gasteiger partial charge in [0.15, 0.2) is 5.82 Å². The highest BCUT2D eigenvalue weighted by atomic mass is 35.5. The Balaban J connectivity index is 3.41. The summed E-state index contributed by atoms with van der Waals surface area (Å²) in [4.78, 5) is 14.3. The second-order valence-electron chi connectivity index (χ2n) is 2.29. The van der Waals surface area contributed by atoms with Gasteiger partial charge in [-0.1, -0.05) is 11.6 Å². The van der Waals surface area contributed by atoms with E-state index in [1.165, 1.54) is 6.07 Å². The Morgan fingerprint density at radius 3 is 2.79 bits per heavy atom. The first-order valence-electron chi connectivity index (χ1n) is 3.36. The molecular formula is C8H3ClFNOS2. The van der Waals surface area contributed by atoms with Crippen LogP contribution in [0.25, 0.3) is 0 Å². The SMILES string of the molecule is O=C(S)c1cc(N=C=S)c(F)cc1Cl. The Kier molecular flexibility index (Phi) is 3.77. The Morgan fingerprint density at radius 1 is 1.64 bits per heavy atom. The lowest BCUT2D eigenvalue weighted by Gasteiger charge is -2.01. The van der Waals surface area contributed by atoms with Crippen molar-refractivity contribution in [2.24, 2.45) is 4.99 Å². The molecule has 2 nitrogen and oxygen atoms in total. The van der Waals surface area contributed by atoms with Crippen LogP contribution in [0.3, 0.4) is 0 Å². The topological polar surface area (TPSA) is 29.4 Å². The third kappa shape index (κ3) is 2.39. The van der Waals surface area contributed by atoms with Gasteiger partial charge in [0.05, 0.1) is 10.2 Å². The second kappa shape index (κ2) is 4.66. The monoisotopic (exact) mass is 247 g/mol. The molecule has 1 rings (SSSR count). The average Bonchev–Trinajstić information content (AvgIpc) is 2.09. The van der Waals surface area contributed by atoms with Crippen LogP contribution in [0, 0.1) is 5.82 Å². The van der Waals surface area contributed by atoms with Gasteiger partial charge >= 0.3 is 0 Å². The van der Waals surface area contributed by atoms with Gasteiger partial charge in [0.25, 0.3) is 0 Å². The van der Waals surface area contributed by atoms with E-state index < -0.39 is 10.9 Å². The fraction of sp³-hybridized carbons (Fsp3) is 0. The van der Waals surface area contributed by atoms with Gasteiger partial charge in [0, 0.05) is 5.56 Å². The quantitative estimate of drug-likeness (QED) is 0.494. The molecule has 0 spiro atoms. The van der Waals surface area contributed by atoms with Crippen molar-refractivity contribution >= 4 is 52.4 Å². The van der Waals surface area contributed by atoms with Crippen molar-refractivity contribution in [3.63, 3.8) is 0 Å². The van der Waals surface area contributed by atoms with Crippen LogP contribution in [0.15, 0.2) is 17.1 Å². The molecular weight excluding hydrogens is 245 g/mol. The molecule has 0 aliphatic carbocycles. The van der Waals surface area contributed by atoms with E-state index in [1.807, 2.05) is 5.16 Å². The number of carbonyl (C=O) groups excluding carboxylic acids is 1. The van der Waals surface area contributed by atoms with Crippen molar-refractivity contribution < 1.29 is 9.18 Å². The standard InChI is InChI=1S/C8H3ClFNOS2/c9-5-2-6(10)7(11-3-13)1-4(5)8(12)14/h1-2H,(H,12,14). The van der Waals surface area contributed by atoms with Crippen molar-refractivity contribution in [1.29, 1.82) is 0 Å². The molecule has 0 aromatic heterocycles. The molecule has 0 bridgehead atoms. The van der Waals surface area contributed by atoms with Crippen molar-refractivity contribution in [1.82, 2.24) is 0 Å². The van der Waals surface area contributed by atoms with Crippen molar-refractivity contribution in [3.8, 4) is 0 Å². The van der Waals surface area contributed by atoms with Crippen LogP contribution in [-0.2, 0) is 0 Å². The minimum atomic E-state index is -0.661. The Hall–Kier alpha value is -0.740. The zero-order valence-electron chi connectivity index (χ0n) is 6.62. The Morgan fingerprint density at radius 2 is 2.29 bits per heavy atom. The number of thiocarbonyl (C=S) groups is 1. The maximum atomic E-state index is 13.1. The van der Waals surface area contributed by atoms with E-state index in [4.69, 9.17) is 11.6 Å². The fourth-order valence-electron chi connectivity index (χ4n) is 0.836. The zero-order valence-corrected chi connectivity index (χ0v) is 9.09. The molecule has 6 heteroatoms. The lowest BCUT2D eigenvalue weighted by molar-refractivity contribution is 0.109. The molecule has 0 aliphatic heterocycles. The van der Waals surface area contributed by atoms with Crippen LogP contribution >= 0.6 is 36.4 Å². The van der Waals surface area contributed by atoms with Crippen LogP contribution in [0.5, 0.6) is 0 Å². The predicted molar refractivity (Wildman–Crippen MR) is 59.4 cm³/mol. The lowest BCUT2D eigenvalue weighted by atomic mass is 10.2. The summed E-state index contributed by atoms with van der Waals surface area (Å²) >= 11 is 13.5. The van der Waals surface area contributed by atoms with Crippen LogP contribution < -0.4 is 0 Å². The molecule has 1 aromatic rings. The summed E-state index contributed by atoms with van der Waals surface area (Å²) in [5, 5.41) is 1.43.